The second kappa shape index (κ2) is 6.91. The number of nitrogens with one attached hydrogen (secondary N) is 1. The first-order chi connectivity index (χ1) is 7.61. The van der Waals surface area contributed by atoms with Gasteiger partial charge in [-0.2, -0.15) is 15.0 Å². The van der Waals surface area contributed by atoms with Crippen molar-refractivity contribution >= 4 is 29.3 Å². The van der Waals surface area contributed by atoms with E-state index in [0.717, 1.165) is 12.2 Å². The lowest BCUT2D eigenvalue weighted by Crippen LogP contribution is -2.13. The number of rotatable bonds is 6. The van der Waals surface area contributed by atoms with Gasteiger partial charge in [-0.3, -0.25) is 0 Å². The van der Waals surface area contributed by atoms with Crippen LogP contribution in [0, 0.1) is 0 Å². The van der Waals surface area contributed by atoms with Gasteiger partial charge in [-0.1, -0.05) is 25.1 Å². The van der Waals surface area contributed by atoms with Crippen molar-refractivity contribution in [3.8, 4) is 0 Å². The van der Waals surface area contributed by atoms with E-state index >= 15 is 0 Å². The Hall–Kier alpha value is -0.550. The standard InChI is InChI=1S/C10H17ClN4S/c1-4-5-6-16-10-14-8(11)13-9(15-10)12-7(2)3/h7H,4-6H2,1-3H3,(H,12,13,14,15). The molecule has 90 valence electrons. The molecule has 0 bridgehead atoms. The monoisotopic (exact) mass is 260 g/mol. The van der Waals surface area contributed by atoms with Gasteiger partial charge >= 0.3 is 0 Å². The first-order valence-corrected chi connectivity index (χ1v) is 6.79. The van der Waals surface area contributed by atoms with Crippen LogP contribution >= 0.6 is 23.4 Å². The molecule has 1 heterocycles. The number of hydrogen-bond acceptors (Lipinski definition) is 5. The quantitative estimate of drug-likeness (QED) is 0.629. The molecule has 1 rings (SSSR count). The third kappa shape index (κ3) is 4.99. The van der Waals surface area contributed by atoms with E-state index in [1.165, 1.54) is 6.42 Å². The van der Waals surface area contributed by atoms with Gasteiger partial charge < -0.3 is 5.32 Å². The van der Waals surface area contributed by atoms with Gasteiger partial charge in [0.05, 0.1) is 0 Å². The minimum absolute atomic E-state index is 0.247. The SMILES string of the molecule is CCCCSc1nc(Cl)nc(NC(C)C)n1. The maximum absolute atomic E-state index is 5.83. The van der Waals surface area contributed by atoms with Crippen LogP contribution in [-0.2, 0) is 0 Å². The molecular formula is C10H17ClN4S. The Morgan fingerprint density at radius 3 is 2.69 bits per heavy atom. The number of unbranched alkanes of at least 4 members (excludes halogenated alkanes) is 1. The van der Waals surface area contributed by atoms with E-state index in [1.807, 2.05) is 13.8 Å². The van der Waals surface area contributed by atoms with Crippen LogP contribution in [0.5, 0.6) is 0 Å². The number of hydrogen-bond donors (Lipinski definition) is 1. The molecule has 0 fully saturated rings. The maximum atomic E-state index is 5.83. The molecular weight excluding hydrogens is 244 g/mol. The Morgan fingerprint density at radius 1 is 1.31 bits per heavy atom. The highest BCUT2D eigenvalue weighted by Gasteiger charge is 2.06. The molecule has 4 nitrogen and oxygen atoms in total. The fraction of sp³-hybridized carbons (Fsp3) is 0.700. The fourth-order valence-electron chi connectivity index (χ4n) is 1.03. The predicted molar refractivity (Wildman–Crippen MR) is 69.2 cm³/mol. The zero-order chi connectivity index (χ0) is 12.0. The highest BCUT2D eigenvalue weighted by molar-refractivity contribution is 7.99. The molecule has 1 aromatic heterocycles. The third-order valence-electron chi connectivity index (χ3n) is 1.73. The van der Waals surface area contributed by atoms with Crippen LogP contribution < -0.4 is 5.32 Å². The Morgan fingerprint density at radius 2 is 2.06 bits per heavy atom. The van der Waals surface area contributed by atoms with Gasteiger partial charge in [0, 0.05) is 11.8 Å². The lowest BCUT2D eigenvalue weighted by atomic mass is 10.4. The van der Waals surface area contributed by atoms with E-state index in [4.69, 9.17) is 11.6 Å². The van der Waals surface area contributed by atoms with Crippen molar-refractivity contribution in [3.05, 3.63) is 5.28 Å². The largest absolute Gasteiger partial charge is 0.352 e. The van der Waals surface area contributed by atoms with Crippen LogP contribution in [0.3, 0.4) is 0 Å². The first-order valence-electron chi connectivity index (χ1n) is 5.42. The lowest BCUT2D eigenvalue weighted by molar-refractivity contribution is 0.832. The average Bonchev–Trinajstić information content (AvgIpc) is 2.16. The van der Waals surface area contributed by atoms with E-state index < -0.39 is 0 Å². The van der Waals surface area contributed by atoms with Crippen molar-refractivity contribution in [1.82, 2.24) is 15.0 Å². The molecule has 0 spiro atoms. The van der Waals surface area contributed by atoms with Crippen molar-refractivity contribution in [1.29, 1.82) is 0 Å². The summed E-state index contributed by atoms with van der Waals surface area (Å²) in [5.74, 6) is 1.56. The summed E-state index contributed by atoms with van der Waals surface area (Å²) in [5.41, 5.74) is 0. The van der Waals surface area contributed by atoms with E-state index in [-0.39, 0.29) is 11.3 Å². The van der Waals surface area contributed by atoms with E-state index in [9.17, 15) is 0 Å². The van der Waals surface area contributed by atoms with Gasteiger partial charge in [0.15, 0.2) is 5.16 Å². The van der Waals surface area contributed by atoms with Crippen molar-refractivity contribution < 1.29 is 0 Å². The predicted octanol–water partition coefficient (Wildman–Crippen LogP) is 3.24. The normalized spacial score (nSPS) is 10.8. The molecule has 1 aromatic rings. The van der Waals surface area contributed by atoms with Gasteiger partial charge in [0.25, 0.3) is 0 Å². The van der Waals surface area contributed by atoms with Crippen molar-refractivity contribution in [2.75, 3.05) is 11.1 Å². The summed E-state index contributed by atoms with van der Waals surface area (Å²) in [6.45, 7) is 6.22. The van der Waals surface area contributed by atoms with Crippen LogP contribution in [0.1, 0.15) is 33.6 Å². The topological polar surface area (TPSA) is 50.7 Å². The molecule has 0 amide bonds. The molecule has 0 saturated carbocycles. The minimum atomic E-state index is 0.247. The van der Waals surface area contributed by atoms with Crippen molar-refractivity contribution in [2.24, 2.45) is 0 Å². The summed E-state index contributed by atoms with van der Waals surface area (Å²) < 4.78 is 0. The molecule has 0 unspecified atom stereocenters. The van der Waals surface area contributed by atoms with Gasteiger partial charge in [-0.15, -0.1) is 0 Å². The Bertz CT molecular complexity index is 333. The molecule has 0 atom stereocenters. The average molecular weight is 261 g/mol. The number of thioether (sulfide) groups is 1. The zero-order valence-corrected chi connectivity index (χ0v) is 11.4. The summed E-state index contributed by atoms with van der Waals surface area (Å²) >= 11 is 7.44. The first kappa shape index (κ1) is 13.5. The molecule has 16 heavy (non-hydrogen) atoms. The maximum Gasteiger partial charge on any atom is 0.228 e. The van der Waals surface area contributed by atoms with Crippen LogP contribution in [0.25, 0.3) is 0 Å². The molecule has 0 radical (unpaired) electrons. The van der Waals surface area contributed by atoms with Crippen molar-refractivity contribution in [3.63, 3.8) is 0 Å². The number of nitrogens with zero attached hydrogens (tertiary/aromatic N) is 3. The number of halogens is 1. The second-order valence-corrected chi connectivity index (χ2v) is 5.11. The Balaban J connectivity index is 2.65. The Labute approximate surface area is 106 Å². The van der Waals surface area contributed by atoms with Crippen molar-refractivity contribution in [2.45, 2.75) is 44.8 Å². The highest BCUT2D eigenvalue weighted by atomic mass is 35.5. The number of aromatic nitrogens is 3. The van der Waals surface area contributed by atoms with Crippen LogP contribution in [0.2, 0.25) is 5.28 Å². The molecule has 0 aromatic carbocycles. The molecule has 6 heteroatoms. The molecule has 0 saturated heterocycles. The molecule has 1 N–H and O–H groups in total. The highest BCUT2D eigenvalue weighted by Crippen LogP contribution is 2.18. The van der Waals surface area contributed by atoms with Crippen LogP contribution in [-0.4, -0.2) is 26.7 Å². The van der Waals surface area contributed by atoms with E-state index in [1.54, 1.807) is 11.8 Å². The summed E-state index contributed by atoms with van der Waals surface area (Å²) in [6, 6.07) is 0.284. The summed E-state index contributed by atoms with van der Waals surface area (Å²) in [7, 11) is 0. The van der Waals surface area contributed by atoms with E-state index in [2.05, 4.69) is 27.2 Å². The van der Waals surface area contributed by atoms with Gasteiger partial charge in [0.2, 0.25) is 11.2 Å². The summed E-state index contributed by atoms with van der Waals surface area (Å²) in [4.78, 5) is 12.4. The van der Waals surface area contributed by atoms with Gasteiger partial charge in [-0.05, 0) is 31.9 Å². The van der Waals surface area contributed by atoms with Gasteiger partial charge in [0.1, 0.15) is 0 Å². The molecule has 0 aliphatic heterocycles. The lowest BCUT2D eigenvalue weighted by Gasteiger charge is -2.08. The third-order valence-corrected chi connectivity index (χ3v) is 2.84. The fourth-order valence-corrected chi connectivity index (χ4v) is 2.15. The Kier molecular flexibility index (Phi) is 5.84. The van der Waals surface area contributed by atoms with Crippen LogP contribution in [0.15, 0.2) is 5.16 Å². The van der Waals surface area contributed by atoms with Gasteiger partial charge in [-0.25, -0.2) is 0 Å². The zero-order valence-electron chi connectivity index (χ0n) is 9.83. The molecule has 0 aliphatic carbocycles. The van der Waals surface area contributed by atoms with Crippen LogP contribution in [0.4, 0.5) is 5.95 Å². The van der Waals surface area contributed by atoms with E-state index in [0.29, 0.717) is 11.1 Å². The smallest absolute Gasteiger partial charge is 0.228 e. The minimum Gasteiger partial charge on any atom is -0.352 e. The number of anilines is 1. The molecule has 0 aliphatic rings. The summed E-state index contributed by atoms with van der Waals surface area (Å²) in [6.07, 6.45) is 2.32. The summed E-state index contributed by atoms with van der Waals surface area (Å²) in [5, 5.41) is 4.06. The second-order valence-electron chi connectivity index (χ2n) is 3.71.